The average Bonchev–Trinajstić information content (AvgIpc) is 2.46. The van der Waals surface area contributed by atoms with Crippen LogP contribution < -0.4 is 0 Å². The van der Waals surface area contributed by atoms with Gasteiger partial charge in [-0.1, -0.05) is 45.7 Å². The second kappa shape index (κ2) is 6.30. The Hall–Kier alpha value is -1.17. The number of ketones is 1. The minimum atomic E-state index is -3.76. The topological polar surface area (TPSA) is 51.2 Å². The van der Waals surface area contributed by atoms with Crippen LogP contribution in [0.1, 0.15) is 17.3 Å². The Bertz CT molecular complexity index is 770. The van der Waals surface area contributed by atoms with Gasteiger partial charge in [-0.3, -0.25) is 4.79 Å². The van der Waals surface area contributed by atoms with Gasteiger partial charge in [-0.15, -0.1) is 0 Å². The first-order valence-electron chi connectivity index (χ1n) is 6.11. The minimum absolute atomic E-state index is 0.0490. The Morgan fingerprint density at radius 2 is 1.76 bits per heavy atom. The molecular weight excluding hydrogens is 376 g/mol. The molecule has 0 saturated carbocycles. The Balaban J connectivity index is 2.36. The number of carbonyl (C=O) groups excluding carboxylic acids is 1. The summed E-state index contributed by atoms with van der Waals surface area (Å²) in [6.07, 6.45) is 0. The zero-order valence-electron chi connectivity index (χ0n) is 11.1. The maximum Gasteiger partial charge on any atom is 0.188 e. The van der Waals surface area contributed by atoms with Crippen LogP contribution in [0, 0.1) is 0 Å². The smallest absolute Gasteiger partial charge is 0.188 e. The van der Waals surface area contributed by atoms with E-state index in [-0.39, 0.29) is 4.90 Å². The number of benzene rings is 2. The van der Waals surface area contributed by atoms with Gasteiger partial charge in [-0.2, -0.15) is 0 Å². The monoisotopic (exact) mass is 386 g/mol. The minimum Gasteiger partial charge on any atom is -0.293 e. The van der Waals surface area contributed by atoms with Crippen LogP contribution in [0.2, 0.25) is 5.02 Å². The van der Waals surface area contributed by atoms with E-state index in [9.17, 15) is 13.2 Å². The summed E-state index contributed by atoms with van der Waals surface area (Å²) >= 11 is 9.09. The third kappa shape index (κ3) is 3.54. The average molecular weight is 388 g/mol. The van der Waals surface area contributed by atoms with E-state index in [4.69, 9.17) is 11.6 Å². The van der Waals surface area contributed by atoms with Crippen LogP contribution >= 0.6 is 27.5 Å². The lowest BCUT2D eigenvalue weighted by atomic mass is 10.1. The number of sulfone groups is 1. The fraction of sp³-hybridized carbons (Fsp3) is 0.133. The zero-order valence-corrected chi connectivity index (χ0v) is 14.2. The van der Waals surface area contributed by atoms with E-state index in [2.05, 4.69) is 15.9 Å². The molecule has 3 nitrogen and oxygen atoms in total. The molecule has 0 amide bonds. The molecule has 0 fully saturated rings. The van der Waals surface area contributed by atoms with E-state index in [1.807, 2.05) is 0 Å². The Labute approximate surface area is 137 Å². The highest BCUT2D eigenvalue weighted by molar-refractivity contribution is 9.10. The molecule has 1 atom stereocenters. The lowest BCUT2D eigenvalue weighted by Crippen LogP contribution is -2.27. The molecule has 0 radical (unpaired) electrons. The van der Waals surface area contributed by atoms with E-state index in [0.29, 0.717) is 10.6 Å². The molecule has 2 aromatic rings. The van der Waals surface area contributed by atoms with Gasteiger partial charge in [0.15, 0.2) is 15.6 Å². The molecule has 21 heavy (non-hydrogen) atoms. The highest BCUT2D eigenvalue weighted by atomic mass is 79.9. The van der Waals surface area contributed by atoms with Crippen molar-refractivity contribution in [3.63, 3.8) is 0 Å². The van der Waals surface area contributed by atoms with Crippen LogP contribution in [0.15, 0.2) is 57.9 Å². The highest BCUT2D eigenvalue weighted by Crippen LogP contribution is 2.22. The molecule has 1 unspecified atom stereocenters. The molecule has 110 valence electrons. The summed E-state index contributed by atoms with van der Waals surface area (Å²) in [5.41, 5.74) is 0.358. The maximum atomic E-state index is 12.5. The first-order chi connectivity index (χ1) is 9.82. The lowest BCUT2D eigenvalue weighted by Gasteiger charge is -2.12. The first-order valence-corrected chi connectivity index (χ1v) is 8.83. The van der Waals surface area contributed by atoms with Gasteiger partial charge in [-0.25, -0.2) is 8.42 Å². The summed E-state index contributed by atoms with van der Waals surface area (Å²) in [5.74, 6) is -0.442. The summed E-state index contributed by atoms with van der Waals surface area (Å²) in [5, 5.41) is -0.850. The number of rotatable bonds is 4. The van der Waals surface area contributed by atoms with Gasteiger partial charge in [0.2, 0.25) is 0 Å². The summed E-state index contributed by atoms with van der Waals surface area (Å²) in [6.45, 7) is 1.39. The van der Waals surface area contributed by atoms with Crippen molar-refractivity contribution < 1.29 is 13.2 Å². The highest BCUT2D eigenvalue weighted by Gasteiger charge is 2.30. The van der Waals surface area contributed by atoms with E-state index in [1.54, 1.807) is 36.4 Å². The summed E-state index contributed by atoms with van der Waals surface area (Å²) in [4.78, 5) is 12.4. The van der Waals surface area contributed by atoms with Crippen LogP contribution in [0.5, 0.6) is 0 Å². The molecule has 0 heterocycles. The van der Waals surface area contributed by atoms with Crippen molar-refractivity contribution in [2.75, 3.05) is 0 Å². The van der Waals surface area contributed by atoms with Gasteiger partial charge in [0.25, 0.3) is 0 Å². The van der Waals surface area contributed by atoms with Crippen molar-refractivity contribution >= 4 is 43.2 Å². The van der Waals surface area contributed by atoms with Gasteiger partial charge < -0.3 is 0 Å². The summed E-state index contributed by atoms with van der Waals surface area (Å²) in [6, 6.07) is 12.5. The number of carbonyl (C=O) groups is 1. The van der Waals surface area contributed by atoms with Gasteiger partial charge >= 0.3 is 0 Å². The van der Waals surface area contributed by atoms with Crippen LogP contribution in [0.25, 0.3) is 0 Å². The van der Waals surface area contributed by atoms with Gasteiger partial charge in [0, 0.05) is 15.1 Å². The number of hydrogen-bond acceptors (Lipinski definition) is 3. The van der Waals surface area contributed by atoms with Crippen molar-refractivity contribution in [3.05, 3.63) is 63.6 Å². The molecule has 0 aliphatic heterocycles. The standard InChI is InChI=1S/C15H12BrClO3S/c1-10(15(18)11-5-7-12(16)8-6-11)21(19,20)14-4-2-3-13(17)9-14/h2-10H,1H3. The Kier molecular flexibility index (Phi) is 4.86. The molecule has 2 rings (SSSR count). The van der Waals surface area contributed by atoms with Gasteiger partial charge in [-0.05, 0) is 37.3 Å². The molecule has 0 aliphatic carbocycles. The SMILES string of the molecule is CC(C(=O)c1ccc(Br)cc1)S(=O)(=O)c1cccc(Cl)c1. The first kappa shape index (κ1) is 16.2. The third-order valence-corrected chi connectivity index (χ3v) is 5.91. The number of hydrogen-bond donors (Lipinski definition) is 0. The van der Waals surface area contributed by atoms with Crippen molar-refractivity contribution in [3.8, 4) is 0 Å². The molecule has 0 aromatic heterocycles. The molecule has 0 spiro atoms. The van der Waals surface area contributed by atoms with Gasteiger partial charge in [0.05, 0.1) is 4.90 Å². The maximum absolute atomic E-state index is 12.5. The largest absolute Gasteiger partial charge is 0.293 e. The Morgan fingerprint density at radius 3 is 2.33 bits per heavy atom. The molecule has 0 bridgehead atoms. The van der Waals surface area contributed by atoms with E-state index >= 15 is 0 Å². The van der Waals surface area contributed by atoms with Crippen LogP contribution in [0.3, 0.4) is 0 Å². The second-order valence-corrected chi connectivity index (χ2v) is 8.14. The molecule has 0 saturated heterocycles. The summed E-state index contributed by atoms with van der Waals surface area (Å²) in [7, 11) is -3.76. The Morgan fingerprint density at radius 1 is 1.14 bits per heavy atom. The predicted octanol–water partition coefficient (Wildman–Crippen LogP) is 4.15. The van der Waals surface area contributed by atoms with Crippen molar-refractivity contribution in [2.24, 2.45) is 0 Å². The van der Waals surface area contributed by atoms with Crippen molar-refractivity contribution in [2.45, 2.75) is 17.1 Å². The summed E-state index contributed by atoms with van der Waals surface area (Å²) < 4.78 is 25.8. The van der Waals surface area contributed by atoms with Crippen molar-refractivity contribution in [1.29, 1.82) is 0 Å². The predicted molar refractivity (Wildman–Crippen MR) is 86.6 cm³/mol. The molecule has 0 aliphatic rings. The normalized spacial score (nSPS) is 12.9. The van der Waals surface area contributed by atoms with E-state index in [1.165, 1.54) is 19.1 Å². The fourth-order valence-corrected chi connectivity index (χ4v) is 3.74. The third-order valence-electron chi connectivity index (χ3n) is 3.09. The molecular formula is C15H12BrClO3S. The molecule has 6 heteroatoms. The van der Waals surface area contributed by atoms with Crippen LogP contribution in [-0.2, 0) is 9.84 Å². The number of halogens is 2. The van der Waals surface area contributed by atoms with Gasteiger partial charge in [0.1, 0.15) is 5.25 Å². The zero-order chi connectivity index (χ0) is 15.6. The van der Waals surface area contributed by atoms with Crippen LogP contribution in [-0.4, -0.2) is 19.5 Å². The lowest BCUT2D eigenvalue weighted by molar-refractivity contribution is 0.0991. The molecule has 2 aromatic carbocycles. The van der Waals surface area contributed by atoms with Crippen LogP contribution in [0.4, 0.5) is 0 Å². The molecule has 0 N–H and O–H groups in total. The second-order valence-electron chi connectivity index (χ2n) is 4.52. The van der Waals surface area contributed by atoms with E-state index < -0.39 is 20.9 Å². The van der Waals surface area contributed by atoms with E-state index in [0.717, 1.165) is 4.47 Å². The quantitative estimate of drug-likeness (QED) is 0.741. The number of Topliss-reactive ketones (excluding diaryl/α,β-unsaturated/α-hetero) is 1. The fourth-order valence-electron chi connectivity index (χ4n) is 1.84. The van der Waals surface area contributed by atoms with Crippen molar-refractivity contribution in [1.82, 2.24) is 0 Å².